The number of carbonyl (C=O) groups excluding carboxylic acids is 1. The van der Waals surface area contributed by atoms with E-state index in [9.17, 15) is 9.18 Å². The molecule has 90 valence electrons. The molecule has 0 unspecified atom stereocenters. The molecule has 3 nitrogen and oxygen atoms in total. The van der Waals surface area contributed by atoms with Crippen LogP contribution in [-0.4, -0.2) is 18.3 Å². The minimum atomic E-state index is -0.650. The van der Waals surface area contributed by atoms with E-state index in [1.165, 1.54) is 18.2 Å². The second kappa shape index (κ2) is 6.58. The molecule has 4 heteroatoms. The molecule has 17 heavy (non-hydrogen) atoms. The Hall–Kier alpha value is -1.97. The van der Waals surface area contributed by atoms with Crippen LogP contribution in [0.1, 0.15) is 12.5 Å². The molecule has 0 spiro atoms. The summed E-state index contributed by atoms with van der Waals surface area (Å²) in [6, 6.07) is 6.18. The second-order valence-electron chi connectivity index (χ2n) is 3.37. The van der Waals surface area contributed by atoms with E-state index >= 15 is 0 Å². The summed E-state index contributed by atoms with van der Waals surface area (Å²) < 4.78 is 17.5. The van der Waals surface area contributed by atoms with Gasteiger partial charge in [0.2, 0.25) is 0 Å². The molecular weight excluding hydrogens is 221 g/mol. The Kier molecular flexibility index (Phi) is 5.07. The molecule has 1 N–H and O–H groups in total. The smallest absolute Gasteiger partial charge is 0.356 e. The zero-order valence-corrected chi connectivity index (χ0v) is 9.57. The van der Waals surface area contributed by atoms with Crippen molar-refractivity contribution in [2.45, 2.75) is 13.3 Å². The van der Waals surface area contributed by atoms with Crippen LogP contribution < -0.4 is 0 Å². The van der Waals surface area contributed by atoms with Gasteiger partial charge in [-0.15, -0.1) is 0 Å². The van der Waals surface area contributed by atoms with Gasteiger partial charge in [0.25, 0.3) is 0 Å². The molecule has 1 aromatic carbocycles. The first kappa shape index (κ1) is 13.1. The molecular formula is C13H14FNO2. The molecule has 1 rings (SSSR count). The highest BCUT2D eigenvalue weighted by Crippen LogP contribution is 2.04. The van der Waals surface area contributed by atoms with Crippen LogP contribution in [0, 0.1) is 11.2 Å². The fourth-order valence-corrected chi connectivity index (χ4v) is 1.25. The van der Waals surface area contributed by atoms with E-state index < -0.39 is 5.97 Å². The Morgan fingerprint density at radius 3 is 2.94 bits per heavy atom. The zero-order chi connectivity index (χ0) is 12.7. The second-order valence-corrected chi connectivity index (χ2v) is 3.37. The van der Waals surface area contributed by atoms with Gasteiger partial charge >= 0.3 is 5.97 Å². The molecule has 0 saturated heterocycles. The first-order valence-electron chi connectivity index (χ1n) is 5.30. The average Bonchev–Trinajstić information content (AvgIpc) is 2.29. The summed E-state index contributed by atoms with van der Waals surface area (Å²) in [7, 11) is 0. The monoisotopic (exact) mass is 235 g/mol. The van der Waals surface area contributed by atoms with Gasteiger partial charge in [-0.1, -0.05) is 18.2 Å². The van der Waals surface area contributed by atoms with Crippen LogP contribution in [0.15, 0.2) is 36.4 Å². The van der Waals surface area contributed by atoms with E-state index in [4.69, 9.17) is 5.41 Å². The molecule has 0 atom stereocenters. The lowest BCUT2D eigenvalue weighted by Gasteiger charge is -1.99. The lowest BCUT2D eigenvalue weighted by molar-refractivity contribution is -0.135. The first-order valence-corrected chi connectivity index (χ1v) is 5.30. The highest BCUT2D eigenvalue weighted by Gasteiger charge is 2.05. The molecule has 0 aromatic heterocycles. The number of nitrogens with one attached hydrogen (secondary N) is 1. The van der Waals surface area contributed by atoms with Crippen molar-refractivity contribution in [3.63, 3.8) is 0 Å². The summed E-state index contributed by atoms with van der Waals surface area (Å²) in [5.41, 5.74) is 0.584. The van der Waals surface area contributed by atoms with E-state index in [0.717, 1.165) is 5.56 Å². The maximum atomic E-state index is 12.8. The Morgan fingerprint density at radius 2 is 2.29 bits per heavy atom. The van der Waals surface area contributed by atoms with Crippen molar-refractivity contribution in [3.8, 4) is 0 Å². The third-order valence-electron chi connectivity index (χ3n) is 2.02. The van der Waals surface area contributed by atoms with Crippen LogP contribution in [-0.2, 0) is 16.0 Å². The molecule has 0 fully saturated rings. The van der Waals surface area contributed by atoms with Crippen molar-refractivity contribution >= 4 is 11.7 Å². The van der Waals surface area contributed by atoms with E-state index in [0.29, 0.717) is 6.42 Å². The number of ether oxygens (including phenoxy) is 1. The number of hydrogen-bond acceptors (Lipinski definition) is 3. The van der Waals surface area contributed by atoms with Gasteiger partial charge < -0.3 is 4.74 Å². The van der Waals surface area contributed by atoms with Gasteiger partial charge in [0.1, 0.15) is 11.5 Å². The fraction of sp³-hybridized carbons (Fsp3) is 0.231. The van der Waals surface area contributed by atoms with Gasteiger partial charge in [0.05, 0.1) is 6.61 Å². The van der Waals surface area contributed by atoms with Crippen molar-refractivity contribution < 1.29 is 13.9 Å². The minimum Gasteiger partial charge on any atom is -0.461 e. The Morgan fingerprint density at radius 1 is 1.53 bits per heavy atom. The molecule has 0 aliphatic heterocycles. The topological polar surface area (TPSA) is 50.2 Å². The van der Waals surface area contributed by atoms with Crippen LogP contribution in [0.3, 0.4) is 0 Å². The predicted octanol–water partition coefficient (Wildman–Crippen LogP) is 2.51. The first-order chi connectivity index (χ1) is 8.13. The molecule has 0 bridgehead atoms. The SMILES string of the molecule is CCOC(=O)C(=N)/C=C/Cc1cccc(F)c1. The molecule has 0 aliphatic rings. The van der Waals surface area contributed by atoms with Gasteiger partial charge in [-0.05, 0) is 37.1 Å². The standard InChI is InChI=1S/C13H14FNO2/c1-2-17-13(16)12(15)8-4-6-10-5-3-7-11(14)9-10/h3-5,7-9,15H,2,6H2,1H3/b8-4+,15-12?. The van der Waals surface area contributed by atoms with E-state index in [2.05, 4.69) is 4.74 Å². The van der Waals surface area contributed by atoms with E-state index in [-0.39, 0.29) is 18.1 Å². The average molecular weight is 235 g/mol. The van der Waals surface area contributed by atoms with Gasteiger partial charge in [-0.2, -0.15) is 0 Å². The largest absolute Gasteiger partial charge is 0.461 e. The van der Waals surface area contributed by atoms with Gasteiger partial charge in [0, 0.05) is 0 Å². The lowest BCUT2D eigenvalue weighted by atomic mass is 10.1. The summed E-state index contributed by atoms with van der Waals surface area (Å²) in [5, 5.41) is 7.37. The minimum absolute atomic E-state index is 0.205. The number of rotatable bonds is 5. The number of benzene rings is 1. The van der Waals surface area contributed by atoms with Gasteiger partial charge in [-0.25, -0.2) is 9.18 Å². The quantitative estimate of drug-likeness (QED) is 0.629. The predicted molar refractivity (Wildman–Crippen MR) is 63.6 cm³/mol. The zero-order valence-electron chi connectivity index (χ0n) is 9.57. The molecule has 0 radical (unpaired) electrons. The third kappa shape index (κ3) is 4.59. The molecule has 0 heterocycles. The maximum Gasteiger partial charge on any atom is 0.356 e. The number of halogens is 1. The molecule has 0 aliphatic carbocycles. The van der Waals surface area contributed by atoms with Crippen LogP contribution in [0.5, 0.6) is 0 Å². The summed E-state index contributed by atoms with van der Waals surface area (Å²) >= 11 is 0. The van der Waals surface area contributed by atoms with Crippen LogP contribution in [0.25, 0.3) is 0 Å². The molecule has 1 aromatic rings. The van der Waals surface area contributed by atoms with Gasteiger partial charge in [-0.3, -0.25) is 5.41 Å². The van der Waals surface area contributed by atoms with Crippen LogP contribution >= 0.6 is 0 Å². The Balaban J connectivity index is 2.50. The fourth-order valence-electron chi connectivity index (χ4n) is 1.25. The van der Waals surface area contributed by atoms with Crippen LogP contribution in [0.4, 0.5) is 4.39 Å². The highest BCUT2D eigenvalue weighted by molar-refractivity contribution is 6.39. The highest BCUT2D eigenvalue weighted by atomic mass is 19.1. The van der Waals surface area contributed by atoms with Crippen molar-refractivity contribution in [3.05, 3.63) is 47.8 Å². The van der Waals surface area contributed by atoms with Crippen LogP contribution in [0.2, 0.25) is 0 Å². The number of allylic oxidation sites excluding steroid dienone is 1. The van der Waals surface area contributed by atoms with Crippen molar-refractivity contribution in [2.24, 2.45) is 0 Å². The Labute approximate surface area is 99.4 Å². The molecule has 0 amide bonds. The summed E-state index contributed by atoms with van der Waals surface area (Å²) in [5.74, 6) is -0.945. The maximum absolute atomic E-state index is 12.8. The van der Waals surface area contributed by atoms with E-state index in [1.807, 2.05) is 0 Å². The van der Waals surface area contributed by atoms with Crippen molar-refractivity contribution in [1.29, 1.82) is 5.41 Å². The molecule has 0 saturated carbocycles. The lowest BCUT2D eigenvalue weighted by Crippen LogP contribution is -2.13. The normalized spacial score (nSPS) is 10.5. The summed E-state index contributed by atoms with van der Waals surface area (Å²) in [4.78, 5) is 11.1. The number of hydrogen-bond donors (Lipinski definition) is 1. The Bertz CT molecular complexity index is 441. The summed E-state index contributed by atoms with van der Waals surface area (Å²) in [6.07, 6.45) is 3.47. The third-order valence-corrected chi connectivity index (χ3v) is 2.02. The van der Waals surface area contributed by atoms with E-state index in [1.54, 1.807) is 25.1 Å². The number of carbonyl (C=O) groups is 1. The number of esters is 1. The van der Waals surface area contributed by atoms with Gasteiger partial charge in [0.15, 0.2) is 0 Å². The van der Waals surface area contributed by atoms with Crippen molar-refractivity contribution in [1.82, 2.24) is 0 Å². The van der Waals surface area contributed by atoms with Crippen molar-refractivity contribution in [2.75, 3.05) is 6.61 Å². The summed E-state index contributed by atoms with van der Waals surface area (Å²) in [6.45, 7) is 1.93.